The van der Waals surface area contributed by atoms with Gasteiger partial charge in [-0.3, -0.25) is 0 Å². The Balaban J connectivity index is 2.46. The molecule has 16 heavy (non-hydrogen) atoms. The van der Waals surface area contributed by atoms with Crippen molar-refractivity contribution in [1.82, 2.24) is 5.32 Å². The van der Waals surface area contributed by atoms with Crippen molar-refractivity contribution in [1.29, 1.82) is 0 Å². The second-order valence-corrected chi connectivity index (χ2v) is 6.24. The van der Waals surface area contributed by atoms with Gasteiger partial charge in [0, 0.05) is 17.8 Å². The minimum atomic E-state index is -0.366. The summed E-state index contributed by atoms with van der Waals surface area (Å²) in [5.41, 5.74) is 1.00. The number of rotatable bonds is 5. The van der Waals surface area contributed by atoms with Crippen LogP contribution in [0.1, 0.15) is 19.4 Å². The molecule has 0 aliphatic rings. The van der Waals surface area contributed by atoms with E-state index in [0.717, 1.165) is 12.1 Å². The lowest BCUT2D eigenvalue weighted by atomic mass is 10.2. The molecule has 0 atom stereocenters. The van der Waals surface area contributed by atoms with Gasteiger partial charge in [0.05, 0.1) is 5.02 Å². The van der Waals surface area contributed by atoms with E-state index in [-0.39, 0.29) is 15.6 Å². The molecule has 0 saturated carbocycles. The Kier molecular flexibility index (Phi) is 5.09. The first-order valence-electron chi connectivity index (χ1n) is 5.14. The van der Waals surface area contributed by atoms with E-state index < -0.39 is 0 Å². The lowest BCUT2D eigenvalue weighted by Gasteiger charge is -2.22. The maximum atomic E-state index is 12.9. The van der Waals surface area contributed by atoms with Crippen LogP contribution >= 0.6 is 23.4 Å². The highest BCUT2D eigenvalue weighted by Gasteiger charge is 2.14. The van der Waals surface area contributed by atoms with Crippen LogP contribution in [0.2, 0.25) is 5.02 Å². The van der Waals surface area contributed by atoms with Gasteiger partial charge in [-0.2, -0.15) is 11.8 Å². The highest BCUT2D eigenvalue weighted by molar-refractivity contribution is 7.99. The highest BCUT2D eigenvalue weighted by Crippen LogP contribution is 2.20. The standard InChI is InChI=1S/C12H17ClFNS/c1-12(2,16-3)8-15-7-9-4-5-11(14)10(13)6-9/h4-6,15H,7-8H2,1-3H3. The SMILES string of the molecule is CSC(C)(C)CNCc1ccc(F)c(Cl)c1. The third kappa shape index (κ3) is 4.32. The van der Waals surface area contributed by atoms with Gasteiger partial charge in [-0.05, 0) is 37.8 Å². The molecule has 1 rings (SSSR count). The van der Waals surface area contributed by atoms with E-state index in [9.17, 15) is 4.39 Å². The number of thioether (sulfide) groups is 1. The molecule has 90 valence electrons. The summed E-state index contributed by atoms with van der Waals surface area (Å²) < 4.78 is 13.1. The van der Waals surface area contributed by atoms with E-state index in [2.05, 4.69) is 25.4 Å². The average Bonchev–Trinajstić information content (AvgIpc) is 2.23. The summed E-state index contributed by atoms with van der Waals surface area (Å²) in [6, 6.07) is 4.81. The first-order chi connectivity index (χ1) is 7.44. The molecule has 0 aromatic heterocycles. The molecule has 0 bridgehead atoms. The van der Waals surface area contributed by atoms with Crippen molar-refractivity contribution in [3.63, 3.8) is 0 Å². The van der Waals surface area contributed by atoms with Crippen LogP contribution in [0.25, 0.3) is 0 Å². The van der Waals surface area contributed by atoms with Crippen molar-refractivity contribution in [3.8, 4) is 0 Å². The fourth-order valence-electron chi connectivity index (χ4n) is 1.23. The largest absolute Gasteiger partial charge is 0.311 e. The molecule has 0 saturated heterocycles. The van der Waals surface area contributed by atoms with Crippen LogP contribution in [-0.4, -0.2) is 17.5 Å². The normalized spacial score (nSPS) is 11.8. The van der Waals surface area contributed by atoms with Crippen molar-refractivity contribution < 1.29 is 4.39 Å². The molecular weight excluding hydrogens is 245 g/mol. The Morgan fingerprint density at radius 3 is 2.69 bits per heavy atom. The molecule has 4 heteroatoms. The molecule has 0 unspecified atom stereocenters. The van der Waals surface area contributed by atoms with Crippen LogP contribution in [0.15, 0.2) is 18.2 Å². The molecule has 0 spiro atoms. The lowest BCUT2D eigenvalue weighted by Crippen LogP contribution is -2.31. The Morgan fingerprint density at radius 2 is 2.12 bits per heavy atom. The molecule has 0 fully saturated rings. The summed E-state index contributed by atoms with van der Waals surface area (Å²) in [7, 11) is 0. The molecule has 0 amide bonds. The third-order valence-electron chi connectivity index (χ3n) is 2.42. The van der Waals surface area contributed by atoms with E-state index in [0.29, 0.717) is 6.54 Å². The number of halogens is 2. The zero-order chi connectivity index (χ0) is 12.2. The van der Waals surface area contributed by atoms with Gasteiger partial charge >= 0.3 is 0 Å². The number of hydrogen-bond donors (Lipinski definition) is 1. The Hall–Kier alpha value is -0.250. The number of benzene rings is 1. The maximum Gasteiger partial charge on any atom is 0.141 e. The minimum Gasteiger partial charge on any atom is -0.311 e. The zero-order valence-electron chi connectivity index (χ0n) is 9.81. The number of nitrogens with one attached hydrogen (secondary N) is 1. The Labute approximate surface area is 106 Å². The monoisotopic (exact) mass is 261 g/mol. The van der Waals surface area contributed by atoms with E-state index in [1.54, 1.807) is 12.1 Å². The summed E-state index contributed by atoms with van der Waals surface area (Å²) in [5, 5.41) is 3.52. The van der Waals surface area contributed by atoms with E-state index in [1.165, 1.54) is 6.07 Å². The summed E-state index contributed by atoms with van der Waals surface area (Å²) in [4.78, 5) is 0. The van der Waals surface area contributed by atoms with E-state index >= 15 is 0 Å². The van der Waals surface area contributed by atoms with Crippen molar-refractivity contribution in [3.05, 3.63) is 34.6 Å². The topological polar surface area (TPSA) is 12.0 Å². The van der Waals surface area contributed by atoms with Gasteiger partial charge in [-0.1, -0.05) is 17.7 Å². The molecule has 1 aromatic carbocycles. The van der Waals surface area contributed by atoms with Crippen molar-refractivity contribution >= 4 is 23.4 Å². The molecule has 0 aliphatic carbocycles. The molecule has 1 aromatic rings. The maximum absolute atomic E-state index is 12.9. The summed E-state index contributed by atoms with van der Waals surface area (Å²) in [5.74, 6) is -0.366. The molecule has 1 N–H and O–H groups in total. The highest BCUT2D eigenvalue weighted by atomic mass is 35.5. The van der Waals surface area contributed by atoms with Crippen LogP contribution in [-0.2, 0) is 6.54 Å². The Bertz CT molecular complexity index is 355. The fraction of sp³-hybridized carbons (Fsp3) is 0.500. The number of hydrogen-bond acceptors (Lipinski definition) is 2. The van der Waals surface area contributed by atoms with Gasteiger partial charge in [0.15, 0.2) is 0 Å². The van der Waals surface area contributed by atoms with Gasteiger partial charge in [0.1, 0.15) is 5.82 Å². The second-order valence-electron chi connectivity index (χ2n) is 4.32. The first kappa shape index (κ1) is 13.8. The summed E-state index contributed by atoms with van der Waals surface area (Å²) >= 11 is 7.52. The van der Waals surface area contributed by atoms with E-state index in [4.69, 9.17) is 11.6 Å². The van der Waals surface area contributed by atoms with Crippen molar-refractivity contribution in [2.45, 2.75) is 25.1 Å². The predicted octanol–water partition coefficient (Wildman–Crippen LogP) is 3.71. The molecule has 0 heterocycles. The van der Waals surface area contributed by atoms with Crippen LogP contribution in [0.5, 0.6) is 0 Å². The van der Waals surface area contributed by atoms with Crippen molar-refractivity contribution in [2.75, 3.05) is 12.8 Å². The average molecular weight is 262 g/mol. The fourth-order valence-corrected chi connectivity index (χ4v) is 1.68. The molecule has 1 nitrogen and oxygen atoms in total. The third-order valence-corrected chi connectivity index (χ3v) is 3.96. The predicted molar refractivity (Wildman–Crippen MR) is 70.7 cm³/mol. The molecule has 0 radical (unpaired) electrons. The quantitative estimate of drug-likeness (QED) is 0.867. The van der Waals surface area contributed by atoms with Gasteiger partial charge in [-0.25, -0.2) is 4.39 Å². The van der Waals surface area contributed by atoms with Gasteiger partial charge < -0.3 is 5.32 Å². The molecular formula is C12H17ClFNS. The van der Waals surface area contributed by atoms with Crippen LogP contribution in [0.3, 0.4) is 0 Å². The van der Waals surface area contributed by atoms with Crippen LogP contribution < -0.4 is 5.32 Å². The van der Waals surface area contributed by atoms with Crippen LogP contribution in [0, 0.1) is 5.82 Å². The van der Waals surface area contributed by atoms with Gasteiger partial charge in [-0.15, -0.1) is 0 Å². The Morgan fingerprint density at radius 1 is 1.44 bits per heavy atom. The van der Waals surface area contributed by atoms with E-state index in [1.807, 2.05) is 11.8 Å². The minimum absolute atomic E-state index is 0.184. The van der Waals surface area contributed by atoms with Gasteiger partial charge in [0.25, 0.3) is 0 Å². The summed E-state index contributed by atoms with van der Waals surface area (Å²) in [6.07, 6.45) is 2.09. The lowest BCUT2D eigenvalue weighted by molar-refractivity contribution is 0.588. The van der Waals surface area contributed by atoms with Crippen molar-refractivity contribution in [2.24, 2.45) is 0 Å². The smallest absolute Gasteiger partial charge is 0.141 e. The van der Waals surface area contributed by atoms with Gasteiger partial charge in [0.2, 0.25) is 0 Å². The second kappa shape index (κ2) is 5.89. The van der Waals surface area contributed by atoms with Crippen LogP contribution in [0.4, 0.5) is 4.39 Å². The molecule has 0 aliphatic heterocycles. The summed E-state index contributed by atoms with van der Waals surface area (Å²) in [6.45, 7) is 5.98. The first-order valence-corrected chi connectivity index (χ1v) is 6.75. The zero-order valence-corrected chi connectivity index (χ0v) is 11.4.